The van der Waals surface area contributed by atoms with Gasteiger partial charge in [-0.25, -0.2) is 4.79 Å². The summed E-state index contributed by atoms with van der Waals surface area (Å²) in [5.41, 5.74) is 3.84. The zero-order valence-corrected chi connectivity index (χ0v) is 16.0. The van der Waals surface area contributed by atoms with Gasteiger partial charge in [-0.1, -0.05) is 24.3 Å². The maximum atomic E-state index is 12.4. The second-order valence-electron chi connectivity index (χ2n) is 7.32. The summed E-state index contributed by atoms with van der Waals surface area (Å²) >= 11 is 0. The van der Waals surface area contributed by atoms with Crippen LogP contribution in [0.4, 0.5) is 10.5 Å². The summed E-state index contributed by atoms with van der Waals surface area (Å²) in [6.45, 7) is 9.73. The zero-order chi connectivity index (χ0) is 19.3. The number of amides is 2. The van der Waals surface area contributed by atoms with Crippen molar-refractivity contribution in [3.05, 3.63) is 64.7 Å². The lowest BCUT2D eigenvalue weighted by molar-refractivity contribution is 0.0523. The molecule has 2 amide bonds. The Bertz CT molecular complexity index is 790. The van der Waals surface area contributed by atoms with Crippen LogP contribution >= 0.6 is 0 Å². The Labute approximate surface area is 154 Å². The fourth-order valence-electron chi connectivity index (χ4n) is 2.33. The minimum absolute atomic E-state index is 0.162. The SMILES string of the molecule is Cc1ccc(C)c(NC(=O)c2ccc(CNC(=O)OC(C)(C)C)cc2)c1. The number of hydrogen-bond acceptors (Lipinski definition) is 3. The summed E-state index contributed by atoms with van der Waals surface area (Å²) in [7, 11) is 0. The first kappa shape index (κ1) is 19.5. The minimum Gasteiger partial charge on any atom is -0.444 e. The van der Waals surface area contributed by atoms with Gasteiger partial charge in [0.2, 0.25) is 0 Å². The molecule has 0 aliphatic carbocycles. The van der Waals surface area contributed by atoms with Crippen molar-refractivity contribution in [2.75, 3.05) is 5.32 Å². The summed E-state index contributed by atoms with van der Waals surface area (Å²) in [5, 5.41) is 5.63. The van der Waals surface area contributed by atoms with Crippen molar-refractivity contribution >= 4 is 17.7 Å². The number of ether oxygens (including phenoxy) is 1. The summed E-state index contributed by atoms with van der Waals surface area (Å²) in [5.74, 6) is -0.162. The molecule has 0 atom stereocenters. The normalized spacial score (nSPS) is 11.0. The second kappa shape index (κ2) is 8.04. The molecule has 5 heteroatoms. The Balaban J connectivity index is 1.95. The molecule has 2 rings (SSSR count). The molecule has 2 aromatic carbocycles. The lowest BCUT2D eigenvalue weighted by Crippen LogP contribution is -2.32. The number of benzene rings is 2. The van der Waals surface area contributed by atoms with E-state index in [9.17, 15) is 9.59 Å². The van der Waals surface area contributed by atoms with Crippen LogP contribution in [0.15, 0.2) is 42.5 Å². The third-order valence-corrected chi connectivity index (χ3v) is 3.69. The molecule has 0 saturated heterocycles. The standard InChI is InChI=1S/C21H26N2O3/c1-14-6-7-15(2)18(12-14)23-19(24)17-10-8-16(9-11-17)13-22-20(25)26-21(3,4)5/h6-12H,13H2,1-5H3,(H,22,25)(H,23,24). The zero-order valence-electron chi connectivity index (χ0n) is 16.0. The average Bonchev–Trinajstić information content (AvgIpc) is 2.55. The minimum atomic E-state index is -0.528. The van der Waals surface area contributed by atoms with Gasteiger partial charge in [0.25, 0.3) is 5.91 Å². The quantitative estimate of drug-likeness (QED) is 0.844. The van der Waals surface area contributed by atoms with Gasteiger partial charge in [-0.15, -0.1) is 0 Å². The molecule has 26 heavy (non-hydrogen) atoms. The van der Waals surface area contributed by atoms with E-state index in [4.69, 9.17) is 4.74 Å². The Kier molecular flexibility index (Phi) is 6.03. The fourth-order valence-corrected chi connectivity index (χ4v) is 2.33. The number of anilines is 1. The van der Waals surface area contributed by atoms with E-state index in [0.29, 0.717) is 12.1 Å². The van der Waals surface area contributed by atoms with Crippen LogP contribution in [0.25, 0.3) is 0 Å². The van der Waals surface area contributed by atoms with Gasteiger partial charge in [0.1, 0.15) is 5.60 Å². The molecular weight excluding hydrogens is 328 g/mol. The summed E-state index contributed by atoms with van der Waals surface area (Å²) < 4.78 is 5.19. The second-order valence-corrected chi connectivity index (χ2v) is 7.32. The Morgan fingerprint density at radius 1 is 1.00 bits per heavy atom. The van der Waals surface area contributed by atoms with Crippen molar-refractivity contribution in [2.24, 2.45) is 0 Å². The number of rotatable bonds is 4. The van der Waals surface area contributed by atoms with Gasteiger partial charge in [-0.2, -0.15) is 0 Å². The number of alkyl carbamates (subject to hydrolysis) is 1. The van der Waals surface area contributed by atoms with Crippen LogP contribution in [0.1, 0.15) is 47.8 Å². The third-order valence-electron chi connectivity index (χ3n) is 3.69. The molecule has 0 spiro atoms. The molecule has 0 radical (unpaired) electrons. The topological polar surface area (TPSA) is 67.4 Å². The predicted octanol–water partition coefficient (Wildman–Crippen LogP) is 4.58. The van der Waals surface area contributed by atoms with E-state index in [1.807, 2.05) is 65.0 Å². The Morgan fingerprint density at radius 2 is 1.65 bits per heavy atom. The highest BCUT2D eigenvalue weighted by Crippen LogP contribution is 2.17. The maximum absolute atomic E-state index is 12.4. The first-order chi connectivity index (χ1) is 12.1. The van der Waals surface area contributed by atoms with E-state index in [1.54, 1.807) is 12.1 Å². The molecule has 0 aliphatic heterocycles. The van der Waals surface area contributed by atoms with Gasteiger partial charge in [-0.3, -0.25) is 4.79 Å². The van der Waals surface area contributed by atoms with Gasteiger partial charge < -0.3 is 15.4 Å². The number of carbonyl (C=O) groups is 2. The van der Waals surface area contributed by atoms with Gasteiger partial charge in [0.05, 0.1) is 0 Å². The van der Waals surface area contributed by atoms with Crippen molar-refractivity contribution in [1.82, 2.24) is 5.32 Å². The van der Waals surface area contributed by atoms with Crippen molar-refractivity contribution < 1.29 is 14.3 Å². The van der Waals surface area contributed by atoms with Gasteiger partial charge in [0.15, 0.2) is 0 Å². The summed E-state index contributed by atoms with van der Waals surface area (Å²) in [4.78, 5) is 24.1. The van der Waals surface area contributed by atoms with Crippen molar-refractivity contribution in [3.63, 3.8) is 0 Å². The largest absolute Gasteiger partial charge is 0.444 e. The van der Waals surface area contributed by atoms with Crippen LogP contribution in [0.2, 0.25) is 0 Å². The van der Waals surface area contributed by atoms with Crippen LogP contribution in [0.5, 0.6) is 0 Å². The molecular formula is C21H26N2O3. The summed E-state index contributed by atoms with van der Waals surface area (Å²) in [6, 6.07) is 13.1. The predicted molar refractivity (Wildman–Crippen MR) is 103 cm³/mol. The van der Waals surface area contributed by atoms with Gasteiger partial charge >= 0.3 is 6.09 Å². The molecule has 0 unspecified atom stereocenters. The molecule has 5 nitrogen and oxygen atoms in total. The Morgan fingerprint density at radius 3 is 2.27 bits per heavy atom. The van der Waals surface area contributed by atoms with E-state index in [-0.39, 0.29) is 5.91 Å². The highest BCUT2D eigenvalue weighted by atomic mass is 16.6. The smallest absolute Gasteiger partial charge is 0.407 e. The molecule has 0 heterocycles. The van der Waals surface area contributed by atoms with Crippen LogP contribution in [-0.2, 0) is 11.3 Å². The van der Waals surface area contributed by atoms with E-state index in [0.717, 1.165) is 22.4 Å². The van der Waals surface area contributed by atoms with Crippen LogP contribution in [0.3, 0.4) is 0 Å². The third kappa shape index (κ3) is 5.92. The number of nitrogens with one attached hydrogen (secondary N) is 2. The molecule has 0 aromatic heterocycles. The number of hydrogen-bond donors (Lipinski definition) is 2. The van der Waals surface area contributed by atoms with E-state index in [2.05, 4.69) is 10.6 Å². The van der Waals surface area contributed by atoms with E-state index in [1.165, 1.54) is 0 Å². The van der Waals surface area contributed by atoms with Crippen LogP contribution in [0, 0.1) is 13.8 Å². The van der Waals surface area contributed by atoms with Gasteiger partial charge in [-0.05, 0) is 69.5 Å². The van der Waals surface area contributed by atoms with Crippen molar-refractivity contribution in [1.29, 1.82) is 0 Å². The summed E-state index contributed by atoms with van der Waals surface area (Å²) in [6.07, 6.45) is -0.464. The van der Waals surface area contributed by atoms with Crippen molar-refractivity contribution in [2.45, 2.75) is 46.8 Å². The van der Waals surface area contributed by atoms with Crippen molar-refractivity contribution in [3.8, 4) is 0 Å². The molecule has 0 bridgehead atoms. The van der Waals surface area contributed by atoms with Gasteiger partial charge in [0, 0.05) is 17.8 Å². The molecule has 0 aliphatic rings. The highest BCUT2D eigenvalue weighted by Gasteiger charge is 2.15. The lowest BCUT2D eigenvalue weighted by Gasteiger charge is -2.19. The van der Waals surface area contributed by atoms with Crippen LogP contribution < -0.4 is 10.6 Å². The molecule has 138 valence electrons. The molecule has 0 saturated carbocycles. The highest BCUT2D eigenvalue weighted by molar-refractivity contribution is 6.04. The van der Waals surface area contributed by atoms with E-state index >= 15 is 0 Å². The fraction of sp³-hybridized carbons (Fsp3) is 0.333. The monoisotopic (exact) mass is 354 g/mol. The molecule has 2 aromatic rings. The first-order valence-corrected chi connectivity index (χ1v) is 8.58. The Hall–Kier alpha value is -2.82. The number of carbonyl (C=O) groups excluding carboxylic acids is 2. The van der Waals surface area contributed by atoms with E-state index < -0.39 is 11.7 Å². The lowest BCUT2D eigenvalue weighted by atomic mass is 10.1. The molecule has 0 fully saturated rings. The molecule has 2 N–H and O–H groups in total. The first-order valence-electron chi connectivity index (χ1n) is 8.58. The van der Waals surface area contributed by atoms with Crippen LogP contribution in [-0.4, -0.2) is 17.6 Å². The maximum Gasteiger partial charge on any atom is 0.407 e. The number of aryl methyl sites for hydroxylation is 2. The average molecular weight is 354 g/mol.